The molecule has 4 rings (SSSR count). The highest BCUT2D eigenvalue weighted by molar-refractivity contribution is 6.10. The standard InChI is InChI=1S/C20H22N2O/c1-4-22-17-8-6-5-7-14(17)15-11-13(9-10-18(15)22)21-19(23)16-12-20(16,2)3/h5-11,16H,4,12H2,1-3H3,(H,21,23). The Morgan fingerprint density at radius 3 is 2.57 bits per heavy atom. The van der Waals surface area contributed by atoms with Crippen molar-refractivity contribution in [3.8, 4) is 0 Å². The Balaban J connectivity index is 1.76. The Morgan fingerprint density at radius 2 is 1.87 bits per heavy atom. The summed E-state index contributed by atoms with van der Waals surface area (Å²) in [6.07, 6.45) is 0.982. The lowest BCUT2D eigenvalue weighted by atomic mass is 10.1. The largest absolute Gasteiger partial charge is 0.341 e. The Labute approximate surface area is 136 Å². The van der Waals surface area contributed by atoms with E-state index in [0.29, 0.717) is 0 Å². The van der Waals surface area contributed by atoms with Crippen LogP contribution >= 0.6 is 0 Å². The van der Waals surface area contributed by atoms with Gasteiger partial charge in [0.2, 0.25) is 5.91 Å². The number of hydrogen-bond acceptors (Lipinski definition) is 1. The van der Waals surface area contributed by atoms with E-state index in [9.17, 15) is 4.79 Å². The summed E-state index contributed by atoms with van der Waals surface area (Å²) in [5.41, 5.74) is 3.52. The molecule has 1 aliphatic carbocycles. The number of nitrogens with zero attached hydrogens (tertiary/aromatic N) is 1. The zero-order valence-corrected chi connectivity index (χ0v) is 13.9. The second-order valence-corrected chi connectivity index (χ2v) is 7.23. The van der Waals surface area contributed by atoms with Crippen molar-refractivity contribution in [2.45, 2.75) is 33.7 Å². The van der Waals surface area contributed by atoms with Crippen LogP contribution in [-0.2, 0) is 11.3 Å². The number of rotatable bonds is 3. The molecule has 1 amide bonds. The summed E-state index contributed by atoms with van der Waals surface area (Å²) in [7, 11) is 0. The number of fused-ring (bicyclic) bond motifs is 3. The summed E-state index contributed by atoms with van der Waals surface area (Å²) >= 11 is 0. The summed E-state index contributed by atoms with van der Waals surface area (Å²) in [4.78, 5) is 12.3. The van der Waals surface area contributed by atoms with Gasteiger partial charge in [0.05, 0.1) is 0 Å². The summed E-state index contributed by atoms with van der Waals surface area (Å²) in [6, 6.07) is 14.7. The van der Waals surface area contributed by atoms with Gasteiger partial charge in [-0.2, -0.15) is 0 Å². The van der Waals surface area contributed by atoms with E-state index in [1.807, 2.05) is 6.07 Å². The molecule has 2 aromatic carbocycles. The number of amides is 1. The molecule has 3 nitrogen and oxygen atoms in total. The van der Waals surface area contributed by atoms with Crippen LogP contribution in [0.15, 0.2) is 42.5 Å². The van der Waals surface area contributed by atoms with E-state index >= 15 is 0 Å². The Morgan fingerprint density at radius 1 is 1.17 bits per heavy atom. The van der Waals surface area contributed by atoms with Crippen molar-refractivity contribution in [3.63, 3.8) is 0 Å². The number of anilines is 1. The average Bonchev–Trinajstić information content (AvgIpc) is 3.07. The van der Waals surface area contributed by atoms with Crippen LogP contribution in [0.3, 0.4) is 0 Å². The molecule has 1 N–H and O–H groups in total. The first-order valence-electron chi connectivity index (χ1n) is 8.33. The zero-order valence-electron chi connectivity index (χ0n) is 13.9. The topological polar surface area (TPSA) is 34.0 Å². The van der Waals surface area contributed by atoms with Crippen molar-refractivity contribution in [2.24, 2.45) is 11.3 Å². The number of aromatic nitrogens is 1. The molecule has 1 saturated carbocycles. The second-order valence-electron chi connectivity index (χ2n) is 7.23. The van der Waals surface area contributed by atoms with Crippen LogP contribution in [0.5, 0.6) is 0 Å². The van der Waals surface area contributed by atoms with Crippen LogP contribution in [0, 0.1) is 11.3 Å². The quantitative estimate of drug-likeness (QED) is 0.741. The van der Waals surface area contributed by atoms with Gasteiger partial charge in [-0.15, -0.1) is 0 Å². The van der Waals surface area contributed by atoms with Crippen LogP contribution in [-0.4, -0.2) is 10.5 Å². The maximum atomic E-state index is 12.3. The maximum absolute atomic E-state index is 12.3. The second kappa shape index (κ2) is 4.85. The normalized spacial score (nSPS) is 19.2. The molecule has 1 heterocycles. The summed E-state index contributed by atoms with van der Waals surface area (Å²) in [5, 5.41) is 5.54. The zero-order chi connectivity index (χ0) is 16.2. The molecule has 1 aromatic heterocycles. The molecule has 1 aliphatic rings. The minimum absolute atomic E-state index is 0.147. The van der Waals surface area contributed by atoms with Crippen molar-refractivity contribution < 1.29 is 4.79 Å². The molecule has 1 fully saturated rings. The van der Waals surface area contributed by atoms with Gasteiger partial charge in [0.1, 0.15) is 0 Å². The van der Waals surface area contributed by atoms with Crippen molar-refractivity contribution in [1.29, 1.82) is 0 Å². The van der Waals surface area contributed by atoms with E-state index < -0.39 is 0 Å². The van der Waals surface area contributed by atoms with E-state index in [-0.39, 0.29) is 17.2 Å². The van der Waals surface area contributed by atoms with Gasteiger partial charge in [-0.3, -0.25) is 4.79 Å². The van der Waals surface area contributed by atoms with Gasteiger partial charge in [-0.05, 0) is 43.0 Å². The van der Waals surface area contributed by atoms with Crippen molar-refractivity contribution in [2.75, 3.05) is 5.32 Å². The molecular weight excluding hydrogens is 284 g/mol. The fourth-order valence-corrected chi connectivity index (χ4v) is 3.62. The number of carbonyl (C=O) groups is 1. The van der Waals surface area contributed by atoms with Crippen molar-refractivity contribution in [1.82, 2.24) is 4.57 Å². The molecule has 3 aromatic rings. The van der Waals surface area contributed by atoms with Gasteiger partial charge < -0.3 is 9.88 Å². The lowest BCUT2D eigenvalue weighted by Crippen LogP contribution is -2.16. The summed E-state index contributed by atoms with van der Waals surface area (Å²) in [5.74, 6) is 0.295. The Kier molecular flexibility index (Phi) is 3.02. The number of hydrogen-bond donors (Lipinski definition) is 1. The molecule has 1 atom stereocenters. The lowest BCUT2D eigenvalue weighted by molar-refractivity contribution is -0.117. The Bertz CT molecular complexity index is 920. The summed E-state index contributed by atoms with van der Waals surface area (Å²) < 4.78 is 2.32. The highest BCUT2D eigenvalue weighted by atomic mass is 16.2. The molecule has 0 aliphatic heterocycles. The van der Waals surface area contributed by atoms with Gasteiger partial charge in [0.15, 0.2) is 0 Å². The molecule has 0 bridgehead atoms. The van der Waals surface area contributed by atoms with Crippen LogP contribution in [0.25, 0.3) is 21.8 Å². The van der Waals surface area contributed by atoms with Crippen molar-refractivity contribution >= 4 is 33.4 Å². The predicted octanol–water partition coefficient (Wildman–Crippen LogP) is 4.80. The van der Waals surface area contributed by atoms with E-state index in [1.165, 1.54) is 21.8 Å². The number of benzene rings is 2. The Hall–Kier alpha value is -2.29. The summed E-state index contributed by atoms with van der Waals surface area (Å²) in [6.45, 7) is 7.40. The minimum Gasteiger partial charge on any atom is -0.341 e. The first kappa shape index (κ1) is 14.3. The van der Waals surface area contributed by atoms with Crippen LogP contribution < -0.4 is 5.32 Å². The minimum atomic E-state index is 0.147. The third-order valence-corrected chi connectivity index (χ3v) is 5.19. The first-order chi connectivity index (χ1) is 11.0. The number of aryl methyl sites for hydroxylation is 1. The third kappa shape index (κ3) is 2.23. The van der Waals surface area contributed by atoms with Crippen molar-refractivity contribution in [3.05, 3.63) is 42.5 Å². The smallest absolute Gasteiger partial charge is 0.228 e. The van der Waals surface area contributed by atoms with Crippen LogP contribution in [0.1, 0.15) is 27.2 Å². The number of para-hydroxylation sites is 1. The maximum Gasteiger partial charge on any atom is 0.228 e. The first-order valence-corrected chi connectivity index (χ1v) is 8.33. The monoisotopic (exact) mass is 306 g/mol. The number of nitrogens with one attached hydrogen (secondary N) is 1. The molecule has 3 heteroatoms. The highest BCUT2D eigenvalue weighted by Crippen LogP contribution is 2.52. The fraction of sp³-hybridized carbons (Fsp3) is 0.350. The van der Waals surface area contributed by atoms with Gasteiger partial charge in [0.25, 0.3) is 0 Å². The van der Waals surface area contributed by atoms with E-state index in [2.05, 4.69) is 67.1 Å². The van der Waals surface area contributed by atoms with Gasteiger partial charge in [-0.25, -0.2) is 0 Å². The SMILES string of the molecule is CCn1c2ccccc2c2cc(NC(=O)C3CC3(C)C)ccc21. The van der Waals surface area contributed by atoms with Crippen LogP contribution in [0.2, 0.25) is 0 Å². The van der Waals surface area contributed by atoms with Gasteiger partial charge >= 0.3 is 0 Å². The predicted molar refractivity (Wildman–Crippen MR) is 95.6 cm³/mol. The molecule has 118 valence electrons. The third-order valence-electron chi connectivity index (χ3n) is 5.19. The van der Waals surface area contributed by atoms with Gasteiger partial charge in [0, 0.05) is 40.0 Å². The van der Waals surface area contributed by atoms with E-state index in [4.69, 9.17) is 0 Å². The van der Waals surface area contributed by atoms with Gasteiger partial charge in [-0.1, -0.05) is 32.0 Å². The molecule has 0 saturated heterocycles. The molecule has 23 heavy (non-hydrogen) atoms. The molecule has 0 spiro atoms. The fourth-order valence-electron chi connectivity index (χ4n) is 3.62. The lowest BCUT2D eigenvalue weighted by Gasteiger charge is -2.07. The van der Waals surface area contributed by atoms with E-state index in [0.717, 1.165) is 18.7 Å². The molecule has 0 radical (unpaired) electrons. The number of carbonyl (C=O) groups excluding carboxylic acids is 1. The average molecular weight is 306 g/mol. The van der Waals surface area contributed by atoms with Crippen LogP contribution in [0.4, 0.5) is 5.69 Å². The molecule has 1 unspecified atom stereocenters. The molecular formula is C20H22N2O. The highest BCUT2D eigenvalue weighted by Gasteiger charge is 2.50. The van der Waals surface area contributed by atoms with E-state index in [1.54, 1.807) is 0 Å².